The molecule has 0 aromatic carbocycles. The molecule has 0 rings (SSSR count). The molecule has 0 aliphatic carbocycles. The highest BCUT2D eigenvalue weighted by Gasteiger charge is 2.28. The van der Waals surface area contributed by atoms with Crippen LogP contribution in [0.25, 0.3) is 0 Å². The minimum Gasteiger partial charge on any atom is -0.463 e. The van der Waals surface area contributed by atoms with Crippen molar-refractivity contribution < 1.29 is 22.7 Å². The molecule has 0 radical (unpaired) electrons. The first-order valence-electron chi connectivity index (χ1n) is 4.07. The Labute approximate surface area is 97.0 Å². The molecule has 0 aliphatic heterocycles. The number of esters is 1. The van der Waals surface area contributed by atoms with Gasteiger partial charge in [-0.3, -0.25) is 4.79 Å². The standard InChI is InChI=1S/C7H10ClNO6S/c1-16(13,14)3-2-15-7(11)6(9-12)5(10)4-8/h6H,2-4H2,1H3. The Kier molecular flexibility index (Phi) is 6.12. The molecule has 0 aromatic heterocycles. The lowest BCUT2D eigenvalue weighted by Gasteiger charge is -2.06. The van der Waals surface area contributed by atoms with Crippen LogP contribution in [-0.4, -0.2) is 50.7 Å². The van der Waals surface area contributed by atoms with Gasteiger partial charge in [0.05, 0.1) is 11.6 Å². The van der Waals surface area contributed by atoms with Gasteiger partial charge in [0.2, 0.25) is 6.04 Å². The van der Waals surface area contributed by atoms with E-state index >= 15 is 0 Å². The van der Waals surface area contributed by atoms with Crippen molar-refractivity contribution in [1.29, 1.82) is 0 Å². The maximum atomic E-state index is 11.1. The van der Waals surface area contributed by atoms with Gasteiger partial charge in [-0.15, -0.1) is 16.5 Å². The second kappa shape index (κ2) is 6.54. The fraction of sp³-hybridized carbons (Fsp3) is 0.714. The van der Waals surface area contributed by atoms with Crippen LogP contribution in [0.3, 0.4) is 0 Å². The van der Waals surface area contributed by atoms with Gasteiger partial charge in [0.15, 0.2) is 15.6 Å². The minimum atomic E-state index is -3.27. The Hall–Kier alpha value is -1.02. The SMILES string of the molecule is CS(=O)(=O)CCOC(=O)C(N=O)C(=O)CCl. The quantitative estimate of drug-likeness (QED) is 0.268. The molecule has 16 heavy (non-hydrogen) atoms. The maximum Gasteiger partial charge on any atom is 0.342 e. The van der Waals surface area contributed by atoms with E-state index in [0.29, 0.717) is 0 Å². The molecule has 7 nitrogen and oxygen atoms in total. The van der Waals surface area contributed by atoms with Crippen molar-refractivity contribution in [1.82, 2.24) is 0 Å². The normalized spacial score (nSPS) is 12.9. The van der Waals surface area contributed by atoms with Crippen LogP contribution >= 0.6 is 11.6 Å². The summed E-state index contributed by atoms with van der Waals surface area (Å²) < 4.78 is 25.8. The molecular formula is C7H10ClNO6S. The van der Waals surface area contributed by atoms with E-state index in [4.69, 9.17) is 11.6 Å². The number of Topliss-reactive ketones (excluding diaryl/α,β-unsaturated/α-hetero) is 1. The Bertz CT molecular complexity index is 378. The second-order valence-electron chi connectivity index (χ2n) is 2.91. The van der Waals surface area contributed by atoms with Crippen LogP contribution in [0.15, 0.2) is 5.18 Å². The van der Waals surface area contributed by atoms with Gasteiger partial charge >= 0.3 is 5.97 Å². The number of nitrogens with zero attached hydrogens (tertiary/aromatic N) is 1. The summed E-state index contributed by atoms with van der Waals surface area (Å²) >= 11 is 5.12. The topological polar surface area (TPSA) is 107 Å². The molecule has 92 valence electrons. The number of ketones is 1. The van der Waals surface area contributed by atoms with E-state index in [1.165, 1.54) is 0 Å². The molecule has 9 heteroatoms. The van der Waals surface area contributed by atoms with Crippen LogP contribution in [0.1, 0.15) is 0 Å². The number of ether oxygens (including phenoxy) is 1. The molecule has 0 spiro atoms. The minimum absolute atomic E-state index is 0.390. The number of hydrogen-bond acceptors (Lipinski definition) is 7. The molecular weight excluding hydrogens is 262 g/mol. The first-order chi connectivity index (χ1) is 7.31. The van der Waals surface area contributed by atoms with E-state index in [1.54, 1.807) is 0 Å². The summed E-state index contributed by atoms with van der Waals surface area (Å²) in [7, 11) is -3.27. The van der Waals surface area contributed by atoms with Gasteiger partial charge in [0.1, 0.15) is 6.61 Å². The third-order valence-corrected chi connectivity index (χ3v) is 2.64. The largest absolute Gasteiger partial charge is 0.463 e. The van der Waals surface area contributed by atoms with E-state index in [0.717, 1.165) is 6.26 Å². The smallest absolute Gasteiger partial charge is 0.342 e. The summed E-state index contributed by atoms with van der Waals surface area (Å²) in [5.74, 6) is -3.01. The average molecular weight is 272 g/mol. The van der Waals surface area contributed by atoms with Gasteiger partial charge in [-0.1, -0.05) is 0 Å². The highest BCUT2D eigenvalue weighted by Crippen LogP contribution is 1.99. The highest BCUT2D eigenvalue weighted by atomic mass is 35.5. The number of rotatable bonds is 7. The Morgan fingerprint density at radius 3 is 2.38 bits per heavy atom. The summed E-state index contributed by atoms with van der Waals surface area (Å²) in [6.45, 7) is -0.431. The maximum absolute atomic E-state index is 11.1. The van der Waals surface area contributed by atoms with Gasteiger partial charge < -0.3 is 4.74 Å². The zero-order valence-corrected chi connectivity index (χ0v) is 9.95. The molecule has 0 N–H and O–H groups in total. The van der Waals surface area contributed by atoms with Crippen LogP contribution in [0.2, 0.25) is 0 Å². The van der Waals surface area contributed by atoms with Gasteiger partial charge in [-0.25, -0.2) is 13.2 Å². The predicted octanol–water partition coefficient (Wildman–Crippen LogP) is -0.483. The van der Waals surface area contributed by atoms with Crippen molar-refractivity contribution in [2.45, 2.75) is 6.04 Å². The molecule has 0 saturated heterocycles. The zero-order valence-electron chi connectivity index (χ0n) is 8.38. The molecule has 0 aliphatic rings. The van der Waals surface area contributed by atoms with Crippen LogP contribution < -0.4 is 0 Å². The van der Waals surface area contributed by atoms with Crippen LogP contribution in [0.4, 0.5) is 0 Å². The van der Waals surface area contributed by atoms with Crippen molar-refractivity contribution in [2.24, 2.45) is 5.18 Å². The summed E-state index contributed by atoms with van der Waals surface area (Å²) in [6.07, 6.45) is 0.959. The molecule has 0 heterocycles. The van der Waals surface area contributed by atoms with Crippen LogP contribution in [0, 0.1) is 4.91 Å². The van der Waals surface area contributed by atoms with Gasteiger partial charge in [-0.2, -0.15) is 0 Å². The number of nitroso groups, excluding NO2 is 1. The summed E-state index contributed by atoms with van der Waals surface area (Å²) in [5, 5.41) is 2.27. The molecule has 0 saturated carbocycles. The molecule has 0 fully saturated rings. The van der Waals surface area contributed by atoms with Gasteiger partial charge in [-0.05, 0) is 5.18 Å². The van der Waals surface area contributed by atoms with Crippen LogP contribution in [0.5, 0.6) is 0 Å². The van der Waals surface area contributed by atoms with E-state index in [1.807, 2.05) is 0 Å². The van der Waals surface area contributed by atoms with Crippen molar-refractivity contribution in [3.63, 3.8) is 0 Å². The molecule has 0 bridgehead atoms. The van der Waals surface area contributed by atoms with Crippen molar-refractivity contribution in [3.8, 4) is 0 Å². The summed E-state index contributed by atoms with van der Waals surface area (Å²) in [4.78, 5) is 32.1. The number of alkyl halides is 1. The van der Waals surface area contributed by atoms with Gasteiger partial charge in [0.25, 0.3) is 0 Å². The fourth-order valence-corrected chi connectivity index (χ4v) is 1.21. The predicted molar refractivity (Wildman–Crippen MR) is 56.0 cm³/mol. The first-order valence-corrected chi connectivity index (χ1v) is 6.67. The van der Waals surface area contributed by atoms with E-state index in [9.17, 15) is 22.9 Å². The molecule has 1 atom stereocenters. The third-order valence-electron chi connectivity index (χ3n) is 1.46. The van der Waals surface area contributed by atoms with E-state index < -0.39 is 40.1 Å². The number of hydrogen-bond donors (Lipinski definition) is 0. The fourth-order valence-electron chi connectivity index (χ4n) is 0.679. The number of halogens is 1. The Morgan fingerprint density at radius 1 is 1.44 bits per heavy atom. The summed E-state index contributed by atoms with van der Waals surface area (Å²) in [5.41, 5.74) is 0. The zero-order chi connectivity index (χ0) is 12.8. The van der Waals surface area contributed by atoms with E-state index in [-0.39, 0.29) is 5.75 Å². The molecule has 0 amide bonds. The number of sulfone groups is 1. The molecule has 0 aromatic rings. The number of carbonyl (C=O) groups excluding carboxylic acids is 2. The monoisotopic (exact) mass is 271 g/mol. The lowest BCUT2D eigenvalue weighted by atomic mass is 10.2. The third kappa shape index (κ3) is 5.76. The van der Waals surface area contributed by atoms with Crippen LogP contribution in [-0.2, 0) is 24.2 Å². The van der Waals surface area contributed by atoms with Crippen molar-refractivity contribution >= 4 is 33.2 Å². The van der Waals surface area contributed by atoms with Gasteiger partial charge in [0, 0.05) is 6.26 Å². The molecule has 1 unspecified atom stereocenters. The lowest BCUT2D eigenvalue weighted by Crippen LogP contribution is -2.31. The first kappa shape index (κ1) is 15.0. The Morgan fingerprint density at radius 2 is 2.00 bits per heavy atom. The summed E-state index contributed by atoms with van der Waals surface area (Å²) in [6, 6.07) is -1.82. The lowest BCUT2D eigenvalue weighted by molar-refractivity contribution is -0.146. The second-order valence-corrected chi connectivity index (χ2v) is 5.43. The Balaban J connectivity index is 4.24. The van der Waals surface area contributed by atoms with E-state index in [2.05, 4.69) is 9.91 Å². The number of carbonyl (C=O) groups is 2. The van der Waals surface area contributed by atoms with Crippen molar-refractivity contribution in [2.75, 3.05) is 24.5 Å². The highest BCUT2D eigenvalue weighted by molar-refractivity contribution is 7.90. The van der Waals surface area contributed by atoms with Crippen molar-refractivity contribution in [3.05, 3.63) is 4.91 Å². The average Bonchev–Trinajstić information content (AvgIpc) is 2.16.